The molecule has 0 atom stereocenters. The monoisotopic (exact) mass is 383 g/mol. The van der Waals surface area contributed by atoms with Crippen LogP contribution in [-0.4, -0.2) is 42.4 Å². The van der Waals surface area contributed by atoms with Crippen molar-refractivity contribution < 1.29 is 14.3 Å². The van der Waals surface area contributed by atoms with Crippen LogP contribution in [0.2, 0.25) is 0 Å². The zero-order valence-corrected chi connectivity index (χ0v) is 16.0. The lowest BCUT2D eigenvalue weighted by atomic mass is 10.2. The number of methoxy groups -OCH3 is 2. The number of amides is 1. The van der Waals surface area contributed by atoms with Crippen molar-refractivity contribution in [3.63, 3.8) is 0 Å². The summed E-state index contributed by atoms with van der Waals surface area (Å²) in [6.45, 7) is 0.527. The number of hydrogen-bond donors (Lipinski definition) is 2. The maximum absolute atomic E-state index is 12.3. The SMILES string of the molecule is COc1ccc(C(=O)NCCSc2ncc(-c3ccccc3)[nH]2)cc1OC. The van der Waals surface area contributed by atoms with Crippen molar-refractivity contribution in [2.24, 2.45) is 0 Å². The summed E-state index contributed by atoms with van der Waals surface area (Å²) in [7, 11) is 3.11. The van der Waals surface area contributed by atoms with Gasteiger partial charge in [-0.05, 0) is 23.8 Å². The summed E-state index contributed by atoms with van der Waals surface area (Å²) in [4.78, 5) is 19.9. The van der Waals surface area contributed by atoms with Crippen LogP contribution in [0.25, 0.3) is 11.3 Å². The molecule has 3 rings (SSSR count). The third kappa shape index (κ3) is 4.83. The summed E-state index contributed by atoms with van der Waals surface area (Å²) in [5.74, 6) is 1.68. The number of aromatic nitrogens is 2. The van der Waals surface area contributed by atoms with Gasteiger partial charge in [0.1, 0.15) is 0 Å². The number of aromatic amines is 1. The molecule has 0 aliphatic rings. The quantitative estimate of drug-likeness (QED) is 0.459. The lowest BCUT2D eigenvalue weighted by Crippen LogP contribution is -2.25. The minimum Gasteiger partial charge on any atom is -0.493 e. The van der Waals surface area contributed by atoms with Gasteiger partial charge in [-0.15, -0.1) is 0 Å². The van der Waals surface area contributed by atoms with Gasteiger partial charge in [0.2, 0.25) is 0 Å². The van der Waals surface area contributed by atoms with Crippen molar-refractivity contribution in [2.75, 3.05) is 26.5 Å². The number of nitrogens with zero attached hydrogens (tertiary/aromatic N) is 1. The molecule has 6 nitrogen and oxygen atoms in total. The van der Waals surface area contributed by atoms with E-state index in [-0.39, 0.29) is 5.91 Å². The van der Waals surface area contributed by atoms with Gasteiger partial charge in [-0.3, -0.25) is 4.79 Å². The molecule has 2 aromatic carbocycles. The number of nitrogens with one attached hydrogen (secondary N) is 2. The Labute approximate surface area is 162 Å². The Kier molecular flexibility index (Phi) is 6.38. The Morgan fingerprint density at radius 2 is 1.89 bits per heavy atom. The number of carbonyl (C=O) groups is 1. The number of thioether (sulfide) groups is 1. The first-order valence-corrected chi connectivity index (χ1v) is 9.43. The minimum absolute atomic E-state index is 0.152. The summed E-state index contributed by atoms with van der Waals surface area (Å²) in [6, 6.07) is 15.1. The van der Waals surface area contributed by atoms with Gasteiger partial charge in [-0.2, -0.15) is 0 Å². The molecule has 0 fully saturated rings. The van der Waals surface area contributed by atoms with Crippen molar-refractivity contribution in [3.05, 3.63) is 60.3 Å². The summed E-state index contributed by atoms with van der Waals surface area (Å²) < 4.78 is 10.4. The third-order valence-electron chi connectivity index (χ3n) is 3.91. The predicted octanol–water partition coefficient (Wildman–Crippen LogP) is 3.62. The highest BCUT2D eigenvalue weighted by molar-refractivity contribution is 7.99. The Bertz CT molecular complexity index is 896. The van der Waals surface area contributed by atoms with Gasteiger partial charge in [0.15, 0.2) is 16.7 Å². The molecule has 27 heavy (non-hydrogen) atoms. The highest BCUT2D eigenvalue weighted by atomic mass is 32.2. The molecule has 0 radical (unpaired) electrons. The average Bonchev–Trinajstić information content (AvgIpc) is 3.20. The molecule has 140 valence electrons. The molecular formula is C20H21N3O3S. The van der Waals surface area contributed by atoms with Crippen LogP contribution < -0.4 is 14.8 Å². The Hall–Kier alpha value is -2.93. The van der Waals surface area contributed by atoms with Crippen molar-refractivity contribution >= 4 is 17.7 Å². The van der Waals surface area contributed by atoms with Crippen LogP contribution in [0, 0.1) is 0 Å². The molecular weight excluding hydrogens is 362 g/mol. The molecule has 0 spiro atoms. The molecule has 0 aliphatic heterocycles. The molecule has 7 heteroatoms. The van der Waals surface area contributed by atoms with Gasteiger partial charge >= 0.3 is 0 Å². The molecule has 1 aromatic heterocycles. The second kappa shape index (κ2) is 9.14. The van der Waals surface area contributed by atoms with Crippen LogP contribution in [0.5, 0.6) is 11.5 Å². The van der Waals surface area contributed by atoms with E-state index in [9.17, 15) is 4.79 Å². The van der Waals surface area contributed by atoms with E-state index in [0.717, 1.165) is 16.4 Å². The topological polar surface area (TPSA) is 76.2 Å². The molecule has 1 heterocycles. The highest BCUT2D eigenvalue weighted by Crippen LogP contribution is 2.27. The summed E-state index contributed by atoms with van der Waals surface area (Å²) in [5.41, 5.74) is 2.60. The number of carbonyl (C=O) groups excluding carboxylic acids is 1. The third-order valence-corrected chi connectivity index (χ3v) is 4.80. The number of hydrogen-bond acceptors (Lipinski definition) is 5. The number of H-pyrrole nitrogens is 1. The molecule has 0 saturated carbocycles. The highest BCUT2D eigenvalue weighted by Gasteiger charge is 2.10. The van der Waals surface area contributed by atoms with Crippen LogP contribution in [0.3, 0.4) is 0 Å². The van der Waals surface area contributed by atoms with Gasteiger partial charge in [-0.1, -0.05) is 42.1 Å². The number of benzene rings is 2. The predicted molar refractivity (Wildman–Crippen MR) is 107 cm³/mol. The smallest absolute Gasteiger partial charge is 0.251 e. The molecule has 0 saturated heterocycles. The Balaban J connectivity index is 1.49. The van der Waals surface area contributed by atoms with E-state index >= 15 is 0 Å². The fraction of sp³-hybridized carbons (Fsp3) is 0.200. The molecule has 2 N–H and O–H groups in total. The van der Waals surface area contributed by atoms with Crippen LogP contribution >= 0.6 is 11.8 Å². The standard InChI is InChI=1S/C20H21N3O3S/c1-25-17-9-8-15(12-18(17)26-2)19(24)21-10-11-27-20-22-13-16(23-20)14-6-4-3-5-7-14/h3-9,12-13H,10-11H2,1-2H3,(H,21,24)(H,22,23). The zero-order chi connectivity index (χ0) is 19.1. The van der Waals surface area contributed by atoms with Crippen molar-refractivity contribution in [3.8, 4) is 22.8 Å². The average molecular weight is 383 g/mol. The van der Waals surface area contributed by atoms with Crippen LogP contribution in [0.4, 0.5) is 0 Å². The zero-order valence-electron chi connectivity index (χ0n) is 15.2. The summed E-state index contributed by atoms with van der Waals surface area (Å²) in [5, 5.41) is 3.73. The van der Waals surface area contributed by atoms with Crippen molar-refractivity contribution in [1.29, 1.82) is 0 Å². The maximum Gasteiger partial charge on any atom is 0.251 e. The van der Waals surface area contributed by atoms with Crippen LogP contribution in [0.1, 0.15) is 10.4 Å². The first kappa shape index (κ1) is 18.8. The number of rotatable bonds is 8. The number of ether oxygens (including phenoxy) is 2. The van der Waals surface area contributed by atoms with Crippen molar-refractivity contribution in [2.45, 2.75) is 5.16 Å². The normalized spacial score (nSPS) is 10.4. The van der Waals surface area contributed by atoms with E-state index in [0.29, 0.717) is 29.4 Å². The summed E-state index contributed by atoms with van der Waals surface area (Å²) in [6.07, 6.45) is 1.82. The Morgan fingerprint density at radius 1 is 1.11 bits per heavy atom. The summed E-state index contributed by atoms with van der Waals surface area (Å²) >= 11 is 1.56. The number of imidazole rings is 1. The first-order chi connectivity index (χ1) is 13.2. The van der Waals surface area contributed by atoms with Gasteiger partial charge in [0.05, 0.1) is 26.1 Å². The first-order valence-electron chi connectivity index (χ1n) is 8.44. The minimum atomic E-state index is -0.152. The molecule has 0 bridgehead atoms. The van der Waals surface area contributed by atoms with Crippen LogP contribution in [0.15, 0.2) is 59.9 Å². The van der Waals surface area contributed by atoms with Gasteiger partial charge < -0.3 is 19.8 Å². The largest absolute Gasteiger partial charge is 0.493 e. The fourth-order valence-electron chi connectivity index (χ4n) is 2.53. The van der Waals surface area contributed by atoms with E-state index in [4.69, 9.17) is 9.47 Å². The Morgan fingerprint density at radius 3 is 2.63 bits per heavy atom. The maximum atomic E-state index is 12.3. The van der Waals surface area contributed by atoms with Crippen molar-refractivity contribution in [1.82, 2.24) is 15.3 Å². The molecule has 3 aromatic rings. The van der Waals surface area contributed by atoms with E-state index in [1.54, 1.807) is 44.2 Å². The fourth-order valence-corrected chi connectivity index (χ4v) is 3.24. The molecule has 0 unspecified atom stereocenters. The van der Waals surface area contributed by atoms with Gasteiger partial charge in [0, 0.05) is 17.9 Å². The van der Waals surface area contributed by atoms with Gasteiger partial charge in [-0.25, -0.2) is 4.98 Å². The molecule has 1 amide bonds. The lowest BCUT2D eigenvalue weighted by molar-refractivity contribution is 0.0955. The van der Waals surface area contributed by atoms with E-state index in [2.05, 4.69) is 15.3 Å². The van der Waals surface area contributed by atoms with Crippen LogP contribution in [-0.2, 0) is 0 Å². The van der Waals surface area contributed by atoms with E-state index < -0.39 is 0 Å². The second-order valence-electron chi connectivity index (χ2n) is 5.64. The molecule has 0 aliphatic carbocycles. The second-order valence-corrected chi connectivity index (χ2v) is 6.73. The lowest BCUT2D eigenvalue weighted by Gasteiger charge is -2.09. The van der Waals surface area contributed by atoms with E-state index in [1.165, 1.54) is 0 Å². The van der Waals surface area contributed by atoms with E-state index in [1.807, 2.05) is 36.5 Å². The van der Waals surface area contributed by atoms with Gasteiger partial charge in [0.25, 0.3) is 5.91 Å².